The van der Waals surface area contributed by atoms with Crippen molar-refractivity contribution >= 4 is 5.91 Å². The van der Waals surface area contributed by atoms with Crippen LogP contribution in [0.1, 0.15) is 55.3 Å². The average molecular weight is 242 g/mol. The highest BCUT2D eigenvalue weighted by atomic mass is 16.2. The molecule has 1 amide bonds. The summed E-state index contributed by atoms with van der Waals surface area (Å²) in [5.74, 6) is 0.235. The Balaban J connectivity index is 1.79. The molecule has 0 atom stereocenters. The Bertz CT molecular complexity index is 404. The van der Waals surface area contributed by atoms with Gasteiger partial charge in [-0.15, -0.1) is 0 Å². The molecule has 2 fully saturated rings. The third-order valence-corrected chi connectivity index (χ3v) is 4.11. The Labute approximate surface area is 109 Å². The van der Waals surface area contributed by atoms with E-state index in [1.807, 2.05) is 24.3 Å². The predicted octanol–water partition coefficient (Wildman–Crippen LogP) is 3.42. The second-order valence-corrected chi connectivity index (χ2v) is 5.52. The number of hydrogen-bond donors (Lipinski definition) is 0. The van der Waals surface area contributed by atoms with Crippen LogP contribution in [0.4, 0.5) is 0 Å². The number of carbonyl (C=O) groups is 1. The second-order valence-electron chi connectivity index (χ2n) is 5.52. The van der Waals surface area contributed by atoms with Crippen molar-refractivity contribution in [2.45, 2.75) is 57.0 Å². The maximum Gasteiger partial charge on any atom is 0.254 e. The molecule has 2 saturated carbocycles. The summed E-state index contributed by atoms with van der Waals surface area (Å²) in [5, 5.41) is 0. The van der Waals surface area contributed by atoms with Crippen molar-refractivity contribution in [2.75, 3.05) is 0 Å². The molecule has 2 nitrogen and oxygen atoms in total. The quantitative estimate of drug-likeness (QED) is 0.795. The van der Waals surface area contributed by atoms with Gasteiger partial charge in [0, 0.05) is 17.6 Å². The van der Waals surface area contributed by atoms with E-state index < -0.39 is 0 Å². The Morgan fingerprint density at radius 2 is 1.61 bits per heavy atom. The van der Waals surface area contributed by atoms with Crippen LogP contribution in [0.3, 0.4) is 0 Å². The molecule has 1 radical (unpaired) electrons. The maximum atomic E-state index is 12.6. The van der Waals surface area contributed by atoms with Gasteiger partial charge < -0.3 is 4.90 Å². The number of hydrogen-bond acceptors (Lipinski definition) is 1. The Hall–Kier alpha value is -1.31. The zero-order valence-corrected chi connectivity index (χ0v) is 10.8. The van der Waals surface area contributed by atoms with Gasteiger partial charge in [-0.25, -0.2) is 0 Å². The summed E-state index contributed by atoms with van der Waals surface area (Å²) in [7, 11) is 0. The monoisotopic (exact) mass is 242 g/mol. The van der Waals surface area contributed by atoms with Crippen LogP contribution < -0.4 is 0 Å². The van der Waals surface area contributed by atoms with Gasteiger partial charge in [0.05, 0.1) is 0 Å². The maximum absolute atomic E-state index is 12.6. The third kappa shape index (κ3) is 2.43. The normalized spacial score (nSPS) is 20.7. The lowest BCUT2D eigenvalue weighted by molar-refractivity contribution is 0.0614. The molecule has 18 heavy (non-hydrogen) atoms. The van der Waals surface area contributed by atoms with E-state index in [9.17, 15) is 4.79 Å². The molecule has 3 rings (SSSR count). The van der Waals surface area contributed by atoms with E-state index in [0.29, 0.717) is 12.1 Å². The van der Waals surface area contributed by atoms with E-state index in [1.165, 1.54) is 44.9 Å². The molecule has 2 aliphatic carbocycles. The lowest BCUT2D eigenvalue weighted by Gasteiger charge is -2.34. The van der Waals surface area contributed by atoms with Crippen LogP contribution in [-0.4, -0.2) is 22.9 Å². The molecule has 1 aromatic carbocycles. The van der Waals surface area contributed by atoms with Gasteiger partial charge in [-0.2, -0.15) is 0 Å². The number of benzene rings is 1. The van der Waals surface area contributed by atoms with E-state index in [2.05, 4.69) is 11.0 Å². The predicted molar refractivity (Wildman–Crippen MR) is 71.3 cm³/mol. The summed E-state index contributed by atoms with van der Waals surface area (Å²) >= 11 is 0. The van der Waals surface area contributed by atoms with Gasteiger partial charge in [0.1, 0.15) is 0 Å². The first-order chi connectivity index (χ1) is 8.86. The van der Waals surface area contributed by atoms with Gasteiger partial charge in [0.15, 0.2) is 0 Å². The van der Waals surface area contributed by atoms with E-state index in [-0.39, 0.29) is 5.91 Å². The number of amides is 1. The first kappa shape index (κ1) is 11.8. The molecular weight excluding hydrogens is 222 g/mol. The van der Waals surface area contributed by atoms with Gasteiger partial charge in [-0.3, -0.25) is 4.79 Å². The first-order valence-corrected chi connectivity index (χ1v) is 7.15. The highest BCUT2D eigenvalue weighted by molar-refractivity contribution is 5.94. The van der Waals surface area contributed by atoms with Crippen molar-refractivity contribution in [2.24, 2.45) is 0 Å². The standard InChI is InChI=1S/C16H20NO/c18-16(13-7-3-1-4-8-13)17(15-11-12-15)14-9-5-2-6-10-14/h3-4,7-8,14-15H,2,5-6,9-12H2. The molecule has 0 saturated heterocycles. The largest absolute Gasteiger partial charge is 0.333 e. The Kier molecular flexibility index (Phi) is 3.35. The Morgan fingerprint density at radius 1 is 1.00 bits per heavy atom. The molecule has 1 aromatic rings. The van der Waals surface area contributed by atoms with E-state index in [1.54, 1.807) is 0 Å². The fourth-order valence-electron chi connectivity index (χ4n) is 3.02. The Morgan fingerprint density at radius 3 is 2.22 bits per heavy atom. The molecule has 0 aromatic heterocycles. The molecule has 0 spiro atoms. The fraction of sp³-hybridized carbons (Fsp3) is 0.562. The average Bonchev–Trinajstić information content (AvgIpc) is 3.26. The van der Waals surface area contributed by atoms with Crippen LogP contribution >= 0.6 is 0 Å². The van der Waals surface area contributed by atoms with Crippen molar-refractivity contribution in [3.8, 4) is 0 Å². The SMILES string of the molecule is O=C(c1cc[c]cc1)N(C1CCCCC1)C1CC1. The highest BCUT2D eigenvalue weighted by Gasteiger charge is 2.37. The summed E-state index contributed by atoms with van der Waals surface area (Å²) in [5.41, 5.74) is 0.825. The zero-order valence-electron chi connectivity index (χ0n) is 10.8. The molecule has 0 unspecified atom stereocenters. The van der Waals surface area contributed by atoms with Crippen LogP contribution in [-0.2, 0) is 0 Å². The van der Waals surface area contributed by atoms with Crippen LogP contribution in [0.5, 0.6) is 0 Å². The van der Waals surface area contributed by atoms with Crippen molar-refractivity contribution in [3.05, 3.63) is 35.9 Å². The first-order valence-electron chi connectivity index (χ1n) is 7.15. The summed E-state index contributed by atoms with van der Waals surface area (Å²) in [6.45, 7) is 0. The van der Waals surface area contributed by atoms with Crippen molar-refractivity contribution < 1.29 is 4.79 Å². The molecular formula is C16H20NO. The summed E-state index contributed by atoms with van der Waals surface area (Å²) in [4.78, 5) is 14.8. The van der Waals surface area contributed by atoms with Gasteiger partial charge >= 0.3 is 0 Å². The molecule has 2 aliphatic rings. The summed E-state index contributed by atoms with van der Waals surface area (Å²) in [6, 6.07) is 11.4. The van der Waals surface area contributed by atoms with Crippen molar-refractivity contribution in [1.82, 2.24) is 4.90 Å². The van der Waals surface area contributed by atoms with Crippen molar-refractivity contribution in [3.63, 3.8) is 0 Å². The van der Waals surface area contributed by atoms with Gasteiger partial charge in [0.2, 0.25) is 0 Å². The molecule has 0 heterocycles. The molecule has 95 valence electrons. The van der Waals surface area contributed by atoms with Crippen LogP contribution in [0, 0.1) is 6.07 Å². The molecule has 2 heteroatoms. The van der Waals surface area contributed by atoms with Crippen LogP contribution in [0.15, 0.2) is 24.3 Å². The fourth-order valence-corrected chi connectivity index (χ4v) is 3.02. The minimum absolute atomic E-state index is 0.235. The lowest BCUT2D eigenvalue weighted by atomic mass is 9.93. The van der Waals surface area contributed by atoms with Gasteiger partial charge in [-0.1, -0.05) is 31.4 Å². The lowest BCUT2D eigenvalue weighted by Crippen LogP contribution is -2.43. The second kappa shape index (κ2) is 5.13. The number of rotatable bonds is 3. The molecule has 0 N–H and O–H groups in total. The molecule has 0 bridgehead atoms. The minimum Gasteiger partial charge on any atom is -0.333 e. The number of nitrogens with zero attached hydrogens (tertiary/aromatic N) is 1. The summed E-state index contributed by atoms with van der Waals surface area (Å²) in [6.07, 6.45) is 8.68. The van der Waals surface area contributed by atoms with Gasteiger partial charge in [-0.05, 0) is 43.9 Å². The van der Waals surface area contributed by atoms with E-state index in [0.717, 1.165) is 5.56 Å². The topological polar surface area (TPSA) is 20.3 Å². The van der Waals surface area contributed by atoms with E-state index in [4.69, 9.17) is 0 Å². The smallest absolute Gasteiger partial charge is 0.254 e. The minimum atomic E-state index is 0.235. The third-order valence-electron chi connectivity index (χ3n) is 4.11. The molecule has 0 aliphatic heterocycles. The van der Waals surface area contributed by atoms with E-state index >= 15 is 0 Å². The van der Waals surface area contributed by atoms with Gasteiger partial charge in [0.25, 0.3) is 5.91 Å². The van der Waals surface area contributed by atoms with Crippen LogP contribution in [0.2, 0.25) is 0 Å². The number of carbonyl (C=O) groups excluding carboxylic acids is 1. The van der Waals surface area contributed by atoms with Crippen molar-refractivity contribution in [1.29, 1.82) is 0 Å². The summed E-state index contributed by atoms with van der Waals surface area (Å²) < 4.78 is 0. The van der Waals surface area contributed by atoms with Crippen LogP contribution in [0.25, 0.3) is 0 Å². The highest BCUT2D eigenvalue weighted by Crippen LogP contribution is 2.34. The zero-order chi connectivity index (χ0) is 12.4.